The van der Waals surface area contributed by atoms with Gasteiger partial charge in [0.2, 0.25) is 9.05 Å². The molecule has 0 aliphatic rings. The largest absolute Gasteiger partial charge is 0.493 e. The molecule has 0 aliphatic carbocycles. The minimum Gasteiger partial charge on any atom is -0.493 e. The Morgan fingerprint density at radius 2 is 1.75 bits per heavy atom. The van der Waals surface area contributed by atoms with Gasteiger partial charge in [0.25, 0.3) is 0 Å². The van der Waals surface area contributed by atoms with Crippen LogP contribution in [0.2, 0.25) is 0 Å². The first-order valence-corrected chi connectivity index (χ1v) is 9.30. The van der Waals surface area contributed by atoms with Crippen LogP contribution in [0.5, 0.6) is 5.75 Å². The van der Waals surface area contributed by atoms with E-state index in [0.29, 0.717) is 13.0 Å². The van der Waals surface area contributed by atoms with Gasteiger partial charge in [0.05, 0.1) is 12.4 Å². The van der Waals surface area contributed by atoms with Gasteiger partial charge in [-0.1, -0.05) is 19.1 Å². The summed E-state index contributed by atoms with van der Waals surface area (Å²) in [6, 6.07) is 4.15. The number of hydrogen-bond donors (Lipinski definition) is 0. The Bertz CT molecular complexity index is 552. The number of benzene rings is 1. The van der Waals surface area contributed by atoms with Crippen molar-refractivity contribution in [1.82, 2.24) is 0 Å². The first-order chi connectivity index (χ1) is 9.20. The van der Waals surface area contributed by atoms with Crippen molar-refractivity contribution in [2.75, 3.05) is 12.4 Å². The molecule has 1 unspecified atom stereocenters. The van der Waals surface area contributed by atoms with E-state index in [9.17, 15) is 8.42 Å². The van der Waals surface area contributed by atoms with Crippen LogP contribution in [0, 0.1) is 26.7 Å². The summed E-state index contributed by atoms with van der Waals surface area (Å²) in [5, 5.41) is 0. The normalized spacial score (nSPS) is 13.2. The Hall–Kier alpha value is -0.740. The second kappa shape index (κ2) is 7.32. The molecule has 1 aromatic carbocycles. The van der Waals surface area contributed by atoms with Gasteiger partial charge in [0.15, 0.2) is 0 Å². The first-order valence-electron chi connectivity index (χ1n) is 6.82. The minimum atomic E-state index is -3.38. The van der Waals surface area contributed by atoms with E-state index in [2.05, 4.69) is 26.0 Å². The molecule has 0 heterocycles. The molecule has 20 heavy (non-hydrogen) atoms. The summed E-state index contributed by atoms with van der Waals surface area (Å²) < 4.78 is 27.7. The van der Waals surface area contributed by atoms with Gasteiger partial charge < -0.3 is 4.74 Å². The third-order valence-corrected chi connectivity index (χ3v) is 4.77. The van der Waals surface area contributed by atoms with Crippen molar-refractivity contribution in [2.24, 2.45) is 5.92 Å². The zero-order valence-electron chi connectivity index (χ0n) is 12.6. The first kappa shape index (κ1) is 17.3. The Morgan fingerprint density at radius 1 is 1.15 bits per heavy atom. The Labute approximate surface area is 126 Å². The van der Waals surface area contributed by atoms with Crippen LogP contribution < -0.4 is 4.74 Å². The lowest BCUT2D eigenvalue weighted by molar-refractivity contribution is 0.278. The van der Waals surface area contributed by atoms with E-state index in [-0.39, 0.29) is 11.7 Å². The molecule has 0 aliphatic heterocycles. The fraction of sp³-hybridized carbons (Fsp3) is 0.600. The highest BCUT2D eigenvalue weighted by Crippen LogP contribution is 2.26. The van der Waals surface area contributed by atoms with E-state index < -0.39 is 9.05 Å². The highest BCUT2D eigenvalue weighted by Gasteiger charge is 2.11. The molecule has 0 saturated carbocycles. The summed E-state index contributed by atoms with van der Waals surface area (Å²) in [4.78, 5) is 0. The molecule has 0 amide bonds. The van der Waals surface area contributed by atoms with Crippen molar-refractivity contribution in [2.45, 2.75) is 40.5 Å². The maximum atomic E-state index is 10.9. The van der Waals surface area contributed by atoms with Crippen LogP contribution in [0.25, 0.3) is 0 Å². The molecule has 1 aromatic rings. The van der Waals surface area contributed by atoms with Crippen LogP contribution in [0.4, 0.5) is 0 Å². The molecule has 0 aromatic heterocycles. The average Bonchev–Trinajstić information content (AvgIpc) is 2.35. The van der Waals surface area contributed by atoms with Gasteiger partial charge in [-0.25, -0.2) is 8.42 Å². The number of hydrogen-bond acceptors (Lipinski definition) is 3. The van der Waals surface area contributed by atoms with Gasteiger partial charge in [-0.2, -0.15) is 0 Å². The topological polar surface area (TPSA) is 43.4 Å². The van der Waals surface area contributed by atoms with E-state index in [1.165, 1.54) is 11.1 Å². The summed E-state index contributed by atoms with van der Waals surface area (Å²) in [6.07, 6.45) is 1.39. The molecule has 0 radical (unpaired) electrons. The predicted octanol–water partition coefficient (Wildman–Crippen LogP) is 3.98. The Kier molecular flexibility index (Phi) is 6.34. The van der Waals surface area contributed by atoms with Crippen molar-refractivity contribution in [3.8, 4) is 5.75 Å². The Morgan fingerprint density at radius 3 is 2.35 bits per heavy atom. The second-order valence-corrected chi connectivity index (χ2v) is 8.32. The van der Waals surface area contributed by atoms with Crippen molar-refractivity contribution in [3.05, 3.63) is 28.8 Å². The van der Waals surface area contributed by atoms with Gasteiger partial charge in [0.1, 0.15) is 5.75 Å². The molecular formula is C15H23ClO3S. The van der Waals surface area contributed by atoms with Crippen LogP contribution in [0.1, 0.15) is 36.5 Å². The number of rotatable bonds is 7. The van der Waals surface area contributed by atoms with Crippen molar-refractivity contribution >= 4 is 19.7 Å². The lowest BCUT2D eigenvalue weighted by Gasteiger charge is -2.16. The molecule has 0 N–H and O–H groups in total. The van der Waals surface area contributed by atoms with Crippen molar-refractivity contribution < 1.29 is 13.2 Å². The third kappa shape index (κ3) is 5.71. The van der Waals surface area contributed by atoms with Crippen LogP contribution in [0.3, 0.4) is 0 Å². The molecule has 0 fully saturated rings. The molecule has 0 saturated heterocycles. The number of aryl methyl sites for hydroxylation is 2. The SMILES string of the molecule is Cc1ccc(C)c(OCCC(C)CCS(=O)(=O)Cl)c1C. The van der Waals surface area contributed by atoms with Crippen LogP contribution in [-0.4, -0.2) is 20.8 Å². The monoisotopic (exact) mass is 318 g/mol. The van der Waals surface area contributed by atoms with E-state index in [4.69, 9.17) is 15.4 Å². The number of ether oxygens (including phenoxy) is 1. The van der Waals surface area contributed by atoms with Gasteiger partial charge in [0, 0.05) is 10.7 Å². The highest BCUT2D eigenvalue weighted by molar-refractivity contribution is 8.13. The molecule has 1 atom stereocenters. The number of halogens is 1. The smallest absolute Gasteiger partial charge is 0.232 e. The fourth-order valence-electron chi connectivity index (χ4n) is 2.00. The molecule has 1 rings (SSSR count). The molecule has 3 nitrogen and oxygen atoms in total. The van der Waals surface area contributed by atoms with E-state index >= 15 is 0 Å². The average molecular weight is 319 g/mol. The molecular weight excluding hydrogens is 296 g/mol. The fourth-order valence-corrected chi connectivity index (χ4v) is 2.95. The molecule has 0 spiro atoms. The van der Waals surface area contributed by atoms with E-state index in [1.54, 1.807) is 0 Å². The summed E-state index contributed by atoms with van der Waals surface area (Å²) in [5.74, 6) is 1.24. The van der Waals surface area contributed by atoms with E-state index in [0.717, 1.165) is 17.7 Å². The standard InChI is InChI=1S/C15H23ClO3S/c1-11(8-10-20(16,17)18)7-9-19-15-13(3)6-5-12(2)14(15)4/h5-6,11H,7-10H2,1-4H3. The molecule has 0 bridgehead atoms. The maximum Gasteiger partial charge on any atom is 0.232 e. The summed E-state index contributed by atoms with van der Waals surface area (Å²) in [7, 11) is 1.82. The quantitative estimate of drug-likeness (QED) is 0.714. The zero-order valence-corrected chi connectivity index (χ0v) is 14.1. The van der Waals surface area contributed by atoms with Gasteiger partial charge in [-0.05, 0) is 56.2 Å². The second-order valence-electron chi connectivity index (χ2n) is 5.43. The van der Waals surface area contributed by atoms with Gasteiger partial charge in [-0.15, -0.1) is 0 Å². The molecule has 5 heteroatoms. The summed E-state index contributed by atoms with van der Waals surface area (Å²) in [6.45, 7) is 8.76. The van der Waals surface area contributed by atoms with Gasteiger partial charge in [-0.3, -0.25) is 0 Å². The third-order valence-electron chi connectivity index (χ3n) is 3.59. The minimum absolute atomic E-state index is 0.0260. The zero-order chi connectivity index (χ0) is 15.3. The lowest BCUT2D eigenvalue weighted by Crippen LogP contribution is -2.09. The summed E-state index contributed by atoms with van der Waals surface area (Å²) >= 11 is 0. The summed E-state index contributed by atoms with van der Waals surface area (Å²) in [5.41, 5.74) is 3.51. The lowest BCUT2D eigenvalue weighted by atomic mass is 10.0. The Balaban J connectivity index is 2.47. The van der Waals surface area contributed by atoms with Crippen molar-refractivity contribution in [3.63, 3.8) is 0 Å². The highest BCUT2D eigenvalue weighted by atomic mass is 35.7. The molecule has 114 valence electrons. The van der Waals surface area contributed by atoms with Crippen LogP contribution >= 0.6 is 10.7 Å². The van der Waals surface area contributed by atoms with E-state index in [1.807, 2.05) is 13.8 Å². The van der Waals surface area contributed by atoms with Crippen LogP contribution in [-0.2, 0) is 9.05 Å². The van der Waals surface area contributed by atoms with Crippen molar-refractivity contribution in [1.29, 1.82) is 0 Å². The predicted molar refractivity (Wildman–Crippen MR) is 84.2 cm³/mol. The maximum absolute atomic E-state index is 10.9. The van der Waals surface area contributed by atoms with Gasteiger partial charge >= 0.3 is 0 Å². The van der Waals surface area contributed by atoms with Crippen LogP contribution in [0.15, 0.2) is 12.1 Å².